The fourth-order valence-electron chi connectivity index (χ4n) is 3.77. The van der Waals surface area contributed by atoms with E-state index in [1.807, 2.05) is 0 Å². The molecule has 14 heteroatoms. The summed E-state index contributed by atoms with van der Waals surface area (Å²) < 4.78 is 139. The van der Waals surface area contributed by atoms with Crippen LogP contribution >= 0.6 is 0 Å². The maximum Gasteiger partial charge on any atom is 0.460 e. The van der Waals surface area contributed by atoms with E-state index in [9.17, 15) is 49.0 Å². The van der Waals surface area contributed by atoms with Crippen molar-refractivity contribution < 1.29 is 53.7 Å². The van der Waals surface area contributed by atoms with E-state index < -0.39 is 48.5 Å². The number of nitrogens with one attached hydrogen (secondary N) is 1. The van der Waals surface area contributed by atoms with Crippen LogP contribution in [-0.2, 0) is 5.92 Å². The van der Waals surface area contributed by atoms with Gasteiger partial charge in [0.1, 0.15) is 11.5 Å². The summed E-state index contributed by atoms with van der Waals surface area (Å²) in [5, 5.41) is 11.8. The lowest BCUT2D eigenvalue weighted by atomic mass is 9.93. The Labute approximate surface area is 228 Å². The van der Waals surface area contributed by atoms with Gasteiger partial charge in [0, 0.05) is 38.0 Å². The Morgan fingerprint density at radius 1 is 0.756 bits per heavy atom. The first-order valence-corrected chi connectivity index (χ1v) is 11.8. The highest BCUT2D eigenvalue weighted by molar-refractivity contribution is 5.50. The van der Waals surface area contributed by atoms with Gasteiger partial charge in [0.05, 0.1) is 6.04 Å². The van der Waals surface area contributed by atoms with Crippen molar-refractivity contribution in [2.45, 2.75) is 36.3 Å². The topological polar surface area (TPSA) is 44.7 Å². The highest BCUT2D eigenvalue weighted by atomic mass is 19.4. The summed E-state index contributed by atoms with van der Waals surface area (Å²) in [6.45, 7) is -1.16. The zero-order chi connectivity index (χ0) is 30.8. The number of nitrogens with zero attached hydrogens (tertiary/aromatic N) is 1. The summed E-state index contributed by atoms with van der Waals surface area (Å²) in [4.78, 5) is 1.79. The van der Waals surface area contributed by atoms with Crippen LogP contribution in [0.4, 0.5) is 49.6 Å². The van der Waals surface area contributed by atoms with Crippen molar-refractivity contribution in [2.24, 2.45) is 0 Å². The van der Waals surface area contributed by atoms with E-state index >= 15 is 0 Å². The van der Waals surface area contributed by atoms with Crippen molar-refractivity contribution in [3.05, 3.63) is 89.5 Å². The summed E-state index contributed by atoms with van der Waals surface area (Å²) in [6, 6.07) is 13.4. The number of rotatable bonds is 10. The highest BCUT2D eigenvalue weighted by Crippen LogP contribution is 2.52. The van der Waals surface area contributed by atoms with Crippen LogP contribution < -0.4 is 15.0 Å². The van der Waals surface area contributed by atoms with Crippen LogP contribution in [0.15, 0.2) is 72.8 Å². The Hall–Kier alpha value is -3.52. The molecule has 0 saturated heterocycles. The van der Waals surface area contributed by atoms with E-state index in [0.29, 0.717) is 17.9 Å². The van der Waals surface area contributed by atoms with Gasteiger partial charge in [-0.25, -0.2) is 0 Å². The number of anilines is 1. The molecule has 0 aliphatic heterocycles. The number of aliphatic hydroxyl groups excluding tert-OH is 1. The zero-order valence-electron chi connectivity index (χ0n) is 21.4. The van der Waals surface area contributed by atoms with Gasteiger partial charge in [0.25, 0.3) is 0 Å². The predicted octanol–water partition coefficient (Wildman–Crippen LogP) is 7.44. The summed E-state index contributed by atoms with van der Waals surface area (Å²) in [7, 11) is 3.57. The lowest BCUT2D eigenvalue weighted by molar-refractivity contribution is -0.359. The maximum atomic E-state index is 14.4. The number of hydrogen-bond donors (Lipinski definition) is 2. The normalized spacial score (nSPS) is 14.5. The third-order valence-electron chi connectivity index (χ3n) is 5.99. The summed E-state index contributed by atoms with van der Waals surface area (Å²) >= 11 is 0. The molecular weight excluding hydrogens is 574 g/mol. The molecule has 0 saturated carbocycles. The standard InChI is InChI=1S/C27H24F10N2O2/c1-39(2)19-9-5-11-21(14-19)41-20-10-4-7-17(13-20)23(38-15-22(40)25(30,31)32)16-6-3-8-18(12-16)24(28,29)26(33,34)27(35,36)37/h3-14,22-23,38,40H,15H2,1-2H3. The monoisotopic (exact) mass is 598 g/mol. The molecule has 3 aromatic rings. The Kier molecular flexibility index (Phi) is 9.18. The lowest BCUT2D eigenvalue weighted by Crippen LogP contribution is -2.50. The Bertz CT molecular complexity index is 1330. The van der Waals surface area contributed by atoms with E-state index in [4.69, 9.17) is 4.74 Å². The predicted molar refractivity (Wildman–Crippen MR) is 131 cm³/mol. The van der Waals surface area contributed by atoms with Crippen molar-refractivity contribution in [2.75, 3.05) is 25.5 Å². The number of alkyl halides is 10. The Morgan fingerprint density at radius 3 is 1.85 bits per heavy atom. The van der Waals surface area contributed by atoms with Crippen molar-refractivity contribution in [1.29, 1.82) is 0 Å². The van der Waals surface area contributed by atoms with Gasteiger partial charge in [-0.15, -0.1) is 0 Å². The summed E-state index contributed by atoms with van der Waals surface area (Å²) in [6.07, 6.45) is -14.6. The molecule has 3 rings (SSSR count). The van der Waals surface area contributed by atoms with E-state index in [-0.39, 0.29) is 16.9 Å². The lowest BCUT2D eigenvalue weighted by Gasteiger charge is -2.29. The van der Waals surface area contributed by atoms with E-state index in [1.54, 1.807) is 43.3 Å². The van der Waals surface area contributed by atoms with Gasteiger partial charge in [-0.3, -0.25) is 0 Å². The van der Waals surface area contributed by atoms with Crippen LogP contribution in [0.3, 0.4) is 0 Å². The average molecular weight is 598 g/mol. The third-order valence-corrected chi connectivity index (χ3v) is 5.99. The molecule has 0 heterocycles. The van der Waals surface area contributed by atoms with E-state index in [1.165, 1.54) is 24.3 Å². The molecular formula is C27H24F10N2O2. The maximum absolute atomic E-state index is 14.4. The van der Waals surface area contributed by atoms with Crippen molar-refractivity contribution in [3.63, 3.8) is 0 Å². The summed E-state index contributed by atoms with van der Waals surface area (Å²) in [5.41, 5.74) is -1.24. The summed E-state index contributed by atoms with van der Waals surface area (Å²) in [5.74, 6) is -11.6. The quantitative estimate of drug-likeness (QED) is 0.238. The molecule has 0 amide bonds. The van der Waals surface area contributed by atoms with Gasteiger partial charge in [0.15, 0.2) is 6.10 Å². The van der Waals surface area contributed by atoms with E-state index in [0.717, 1.165) is 17.8 Å². The number of aliphatic hydroxyl groups is 1. The third kappa shape index (κ3) is 7.22. The van der Waals surface area contributed by atoms with Crippen LogP contribution in [0.1, 0.15) is 22.7 Å². The average Bonchev–Trinajstić information content (AvgIpc) is 2.88. The molecule has 0 fully saturated rings. The molecule has 0 aliphatic rings. The number of ether oxygens (including phenoxy) is 1. The largest absolute Gasteiger partial charge is 0.460 e. The molecule has 2 N–H and O–H groups in total. The molecule has 0 bridgehead atoms. The van der Waals surface area contributed by atoms with Crippen LogP contribution in [0.2, 0.25) is 0 Å². The van der Waals surface area contributed by atoms with Gasteiger partial charge in [-0.05, 0) is 41.5 Å². The van der Waals surface area contributed by atoms with Crippen molar-refractivity contribution >= 4 is 5.69 Å². The minimum absolute atomic E-state index is 0.0729. The van der Waals surface area contributed by atoms with E-state index in [2.05, 4.69) is 5.32 Å². The number of benzene rings is 3. The Morgan fingerprint density at radius 2 is 1.29 bits per heavy atom. The fourth-order valence-corrected chi connectivity index (χ4v) is 3.77. The first-order valence-electron chi connectivity index (χ1n) is 11.8. The second-order valence-electron chi connectivity index (χ2n) is 9.24. The van der Waals surface area contributed by atoms with Crippen LogP contribution in [0.5, 0.6) is 11.5 Å². The molecule has 0 aliphatic carbocycles. The second kappa shape index (κ2) is 11.8. The molecule has 0 spiro atoms. The minimum atomic E-state index is -6.59. The molecule has 0 aromatic heterocycles. The van der Waals surface area contributed by atoms with Crippen LogP contribution in [0.25, 0.3) is 0 Å². The smallest absolute Gasteiger partial charge is 0.457 e. The van der Waals surface area contributed by atoms with Gasteiger partial charge in [0.2, 0.25) is 0 Å². The van der Waals surface area contributed by atoms with Crippen LogP contribution in [-0.4, -0.2) is 50.1 Å². The molecule has 3 aromatic carbocycles. The Balaban J connectivity index is 2.04. The SMILES string of the molecule is CN(C)c1cccc(Oc2cccc(C(NCC(O)C(F)(F)F)c3cccc(C(F)(F)C(F)(F)C(F)(F)F)c3)c2)c1. The van der Waals surface area contributed by atoms with Crippen molar-refractivity contribution in [3.8, 4) is 11.5 Å². The van der Waals surface area contributed by atoms with Gasteiger partial charge in [-0.2, -0.15) is 43.9 Å². The fraction of sp³-hybridized carbons (Fsp3) is 0.333. The number of halogens is 10. The molecule has 41 heavy (non-hydrogen) atoms. The molecule has 4 nitrogen and oxygen atoms in total. The van der Waals surface area contributed by atoms with Crippen molar-refractivity contribution in [1.82, 2.24) is 5.32 Å². The number of hydrogen-bond acceptors (Lipinski definition) is 4. The van der Waals surface area contributed by atoms with Gasteiger partial charge >= 0.3 is 24.2 Å². The van der Waals surface area contributed by atoms with Gasteiger partial charge < -0.3 is 20.1 Å². The molecule has 2 unspecified atom stereocenters. The van der Waals surface area contributed by atoms with Crippen LogP contribution in [0, 0.1) is 0 Å². The van der Waals surface area contributed by atoms with Gasteiger partial charge in [-0.1, -0.05) is 36.4 Å². The molecule has 224 valence electrons. The minimum Gasteiger partial charge on any atom is -0.457 e. The first kappa shape index (κ1) is 32.0. The molecule has 2 atom stereocenters. The second-order valence-corrected chi connectivity index (χ2v) is 9.24. The first-order chi connectivity index (χ1) is 18.8. The highest BCUT2D eigenvalue weighted by Gasteiger charge is 2.73. The zero-order valence-corrected chi connectivity index (χ0v) is 21.4. The molecule has 0 radical (unpaired) electrons.